The number of rotatable bonds is 6. The van der Waals surface area contributed by atoms with Crippen molar-refractivity contribution in [2.45, 2.75) is 6.92 Å². The molecule has 0 spiro atoms. The summed E-state index contributed by atoms with van der Waals surface area (Å²) in [6.07, 6.45) is 0. The molecule has 0 aliphatic rings. The van der Waals surface area contributed by atoms with Gasteiger partial charge in [-0.3, -0.25) is 9.59 Å². The highest BCUT2D eigenvalue weighted by molar-refractivity contribution is 6.31. The van der Waals surface area contributed by atoms with Gasteiger partial charge in [-0.15, -0.1) is 0 Å². The molecule has 0 fully saturated rings. The van der Waals surface area contributed by atoms with Crippen LogP contribution in [-0.4, -0.2) is 30.1 Å². The van der Waals surface area contributed by atoms with Crippen molar-refractivity contribution in [1.29, 1.82) is 0 Å². The standard InChI is InChI=1S/C17H17ClN2O4/c1-2-24-15-6-4-3-5-12(15)17(23)19-10-16(22)20-13-9-11(18)7-8-14(13)21/h3-9,21H,2,10H2,1H3,(H,19,23)(H,20,22). The molecule has 24 heavy (non-hydrogen) atoms. The van der Waals surface area contributed by atoms with Crippen LogP contribution in [0.1, 0.15) is 17.3 Å². The predicted octanol–water partition coefficient (Wildman–Crippen LogP) is 2.81. The fourth-order valence-electron chi connectivity index (χ4n) is 1.99. The normalized spacial score (nSPS) is 10.1. The van der Waals surface area contributed by atoms with Crippen LogP contribution >= 0.6 is 11.6 Å². The first kappa shape index (κ1) is 17.6. The van der Waals surface area contributed by atoms with E-state index in [9.17, 15) is 14.7 Å². The van der Waals surface area contributed by atoms with Crippen LogP contribution in [0.3, 0.4) is 0 Å². The molecule has 0 saturated carbocycles. The Labute approximate surface area is 144 Å². The van der Waals surface area contributed by atoms with Crippen LogP contribution in [0.15, 0.2) is 42.5 Å². The van der Waals surface area contributed by atoms with Gasteiger partial charge in [-0.25, -0.2) is 0 Å². The lowest BCUT2D eigenvalue weighted by Crippen LogP contribution is -2.33. The molecule has 0 radical (unpaired) electrons. The van der Waals surface area contributed by atoms with E-state index in [4.69, 9.17) is 16.3 Å². The van der Waals surface area contributed by atoms with Gasteiger partial charge in [-0.1, -0.05) is 23.7 Å². The molecule has 0 heterocycles. The van der Waals surface area contributed by atoms with E-state index >= 15 is 0 Å². The second-order valence-corrected chi connectivity index (χ2v) is 5.26. The van der Waals surface area contributed by atoms with Crippen LogP contribution < -0.4 is 15.4 Å². The first-order valence-electron chi connectivity index (χ1n) is 7.29. The van der Waals surface area contributed by atoms with Gasteiger partial charge in [0, 0.05) is 5.02 Å². The number of ether oxygens (including phenoxy) is 1. The molecule has 6 nitrogen and oxygen atoms in total. The van der Waals surface area contributed by atoms with E-state index < -0.39 is 11.8 Å². The molecular formula is C17H17ClN2O4. The molecule has 2 aromatic carbocycles. The third-order valence-corrected chi connectivity index (χ3v) is 3.31. The Morgan fingerprint density at radius 1 is 1.21 bits per heavy atom. The number of anilines is 1. The number of benzene rings is 2. The maximum atomic E-state index is 12.2. The molecular weight excluding hydrogens is 332 g/mol. The number of para-hydroxylation sites is 1. The second-order valence-electron chi connectivity index (χ2n) is 4.82. The molecule has 0 aromatic heterocycles. The van der Waals surface area contributed by atoms with Crippen LogP contribution in [-0.2, 0) is 4.79 Å². The highest BCUT2D eigenvalue weighted by Crippen LogP contribution is 2.26. The highest BCUT2D eigenvalue weighted by atomic mass is 35.5. The number of hydrogen-bond acceptors (Lipinski definition) is 4. The van der Waals surface area contributed by atoms with Gasteiger partial charge in [0.25, 0.3) is 5.91 Å². The zero-order valence-corrected chi connectivity index (χ0v) is 13.8. The zero-order chi connectivity index (χ0) is 17.5. The van der Waals surface area contributed by atoms with Crippen molar-refractivity contribution < 1.29 is 19.4 Å². The smallest absolute Gasteiger partial charge is 0.255 e. The lowest BCUT2D eigenvalue weighted by atomic mass is 10.2. The minimum atomic E-state index is -0.491. The Kier molecular flexibility index (Phi) is 6.03. The quantitative estimate of drug-likeness (QED) is 0.700. The largest absolute Gasteiger partial charge is 0.506 e. The van der Waals surface area contributed by atoms with E-state index in [-0.39, 0.29) is 18.0 Å². The molecule has 0 unspecified atom stereocenters. The number of amides is 2. The van der Waals surface area contributed by atoms with Crippen molar-refractivity contribution in [2.75, 3.05) is 18.5 Å². The highest BCUT2D eigenvalue weighted by Gasteiger charge is 2.13. The monoisotopic (exact) mass is 348 g/mol. The van der Waals surface area contributed by atoms with Crippen LogP contribution in [0.25, 0.3) is 0 Å². The lowest BCUT2D eigenvalue weighted by molar-refractivity contribution is -0.115. The minimum absolute atomic E-state index is 0.110. The molecule has 0 aliphatic heterocycles. The van der Waals surface area contributed by atoms with Crippen LogP contribution in [0, 0.1) is 0 Å². The maximum absolute atomic E-state index is 12.2. The molecule has 2 rings (SSSR count). The molecule has 7 heteroatoms. The predicted molar refractivity (Wildman–Crippen MR) is 91.7 cm³/mol. The van der Waals surface area contributed by atoms with Crippen molar-refractivity contribution in [3.05, 3.63) is 53.1 Å². The number of hydrogen-bond donors (Lipinski definition) is 3. The van der Waals surface area contributed by atoms with Gasteiger partial charge >= 0.3 is 0 Å². The van der Waals surface area contributed by atoms with Gasteiger partial charge in [0.05, 0.1) is 24.4 Å². The summed E-state index contributed by atoms with van der Waals surface area (Å²) >= 11 is 5.81. The van der Waals surface area contributed by atoms with E-state index in [0.29, 0.717) is 22.9 Å². The summed E-state index contributed by atoms with van der Waals surface area (Å²) < 4.78 is 5.38. The van der Waals surface area contributed by atoms with Gasteiger partial charge in [-0.2, -0.15) is 0 Å². The average Bonchev–Trinajstić information content (AvgIpc) is 2.57. The van der Waals surface area contributed by atoms with Crippen LogP contribution in [0.2, 0.25) is 5.02 Å². The second kappa shape index (κ2) is 8.21. The first-order chi connectivity index (χ1) is 11.5. The Balaban J connectivity index is 1.96. The fraction of sp³-hybridized carbons (Fsp3) is 0.176. The number of aromatic hydroxyl groups is 1. The summed E-state index contributed by atoms with van der Waals surface area (Å²) in [7, 11) is 0. The molecule has 0 saturated heterocycles. The molecule has 0 aliphatic carbocycles. The summed E-state index contributed by atoms with van der Waals surface area (Å²) in [6.45, 7) is 1.99. The van der Waals surface area contributed by atoms with E-state index in [2.05, 4.69) is 10.6 Å². The fourth-order valence-corrected chi connectivity index (χ4v) is 2.17. The van der Waals surface area contributed by atoms with Crippen molar-refractivity contribution in [3.8, 4) is 11.5 Å². The number of carbonyl (C=O) groups excluding carboxylic acids is 2. The summed E-state index contributed by atoms with van der Waals surface area (Å²) in [5, 5.41) is 15.0. The van der Waals surface area contributed by atoms with Gasteiger partial charge < -0.3 is 20.5 Å². The SMILES string of the molecule is CCOc1ccccc1C(=O)NCC(=O)Nc1cc(Cl)ccc1O. The summed E-state index contributed by atoms with van der Waals surface area (Å²) in [5.41, 5.74) is 0.522. The molecule has 3 N–H and O–H groups in total. The average molecular weight is 349 g/mol. The maximum Gasteiger partial charge on any atom is 0.255 e. The van der Waals surface area contributed by atoms with Crippen molar-refractivity contribution >= 4 is 29.1 Å². The van der Waals surface area contributed by atoms with Crippen molar-refractivity contribution in [2.24, 2.45) is 0 Å². The van der Waals surface area contributed by atoms with Crippen LogP contribution in [0.4, 0.5) is 5.69 Å². The lowest BCUT2D eigenvalue weighted by Gasteiger charge is -2.11. The number of nitrogens with one attached hydrogen (secondary N) is 2. The Hall–Kier alpha value is -2.73. The number of phenols is 1. The van der Waals surface area contributed by atoms with Crippen LogP contribution in [0.5, 0.6) is 11.5 Å². The summed E-state index contributed by atoms with van der Waals surface area (Å²) in [4.78, 5) is 24.1. The minimum Gasteiger partial charge on any atom is -0.506 e. The number of carbonyl (C=O) groups is 2. The van der Waals surface area contributed by atoms with Gasteiger partial charge in [0.1, 0.15) is 11.5 Å². The molecule has 2 aromatic rings. The summed E-state index contributed by atoms with van der Waals surface area (Å²) in [5.74, 6) is -0.578. The Morgan fingerprint density at radius 2 is 1.96 bits per heavy atom. The first-order valence-corrected chi connectivity index (χ1v) is 7.67. The summed E-state index contributed by atoms with van der Waals surface area (Å²) in [6, 6.07) is 11.1. The van der Waals surface area contributed by atoms with E-state index in [1.54, 1.807) is 24.3 Å². The molecule has 0 bridgehead atoms. The Morgan fingerprint density at radius 3 is 2.71 bits per heavy atom. The van der Waals surface area contributed by atoms with E-state index in [1.807, 2.05) is 6.92 Å². The Bertz CT molecular complexity index is 749. The van der Waals surface area contributed by atoms with Crippen molar-refractivity contribution in [1.82, 2.24) is 5.32 Å². The number of phenolic OH excluding ortho intramolecular Hbond substituents is 1. The molecule has 0 atom stereocenters. The molecule has 126 valence electrons. The third kappa shape index (κ3) is 4.63. The van der Waals surface area contributed by atoms with Gasteiger partial charge in [-0.05, 0) is 37.3 Å². The van der Waals surface area contributed by atoms with E-state index in [0.717, 1.165) is 0 Å². The third-order valence-electron chi connectivity index (χ3n) is 3.07. The van der Waals surface area contributed by atoms with Gasteiger partial charge in [0.2, 0.25) is 5.91 Å². The topological polar surface area (TPSA) is 87.7 Å². The number of halogens is 1. The van der Waals surface area contributed by atoms with E-state index in [1.165, 1.54) is 18.2 Å². The molecule has 2 amide bonds. The zero-order valence-electron chi connectivity index (χ0n) is 13.0. The van der Waals surface area contributed by atoms with Crippen molar-refractivity contribution in [3.63, 3.8) is 0 Å². The van der Waals surface area contributed by atoms with Gasteiger partial charge in [0.15, 0.2) is 0 Å².